The quantitative estimate of drug-likeness (QED) is 0.768. The molecule has 4 N–H and O–H groups in total. The summed E-state index contributed by atoms with van der Waals surface area (Å²) in [4.78, 5) is 3.17. The molecular weight excluding hydrogens is 224 g/mol. The van der Waals surface area contributed by atoms with Crippen molar-refractivity contribution in [2.45, 2.75) is 18.9 Å². The van der Waals surface area contributed by atoms with Crippen LogP contribution in [0.1, 0.15) is 24.4 Å². The van der Waals surface area contributed by atoms with Crippen LogP contribution in [0.3, 0.4) is 0 Å². The van der Waals surface area contributed by atoms with Crippen molar-refractivity contribution in [2.75, 3.05) is 6.61 Å². The maximum atomic E-state index is 8.74. The van der Waals surface area contributed by atoms with Gasteiger partial charge >= 0.3 is 0 Å². The van der Waals surface area contributed by atoms with Gasteiger partial charge in [-0.2, -0.15) is 0 Å². The molecule has 4 heteroatoms. The summed E-state index contributed by atoms with van der Waals surface area (Å²) < 4.78 is 0. The molecule has 0 amide bonds. The lowest BCUT2D eigenvalue weighted by Gasteiger charge is -2.11. The van der Waals surface area contributed by atoms with E-state index in [9.17, 15) is 0 Å². The second-order valence-corrected chi connectivity index (χ2v) is 3.80. The Kier molecular flexibility index (Phi) is 4.80. The summed E-state index contributed by atoms with van der Waals surface area (Å²) in [7, 11) is 0. The number of rotatable bonds is 4. The highest BCUT2D eigenvalue weighted by atomic mass is 35.5. The number of halogens is 1. The van der Waals surface area contributed by atoms with Gasteiger partial charge in [0.15, 0.2) is 0 Å². The Bertz CT molecular complexity index is 441. The lowest BCUT2D eigenvalue weighted by atomic mass is 10.0. The fraction of sp³-hybridized carbons (Fsp3) is 0.333. The third kappa shape index (κ3) is 2.76. The van der Waals surface area contributed by atoms with E-state index in [0.717, 1.165) is 23.9 Å². The van der Waals surface area contributed by atoms with Crippen LogP contribution in [0, 0.1) is 0 Å². The number of aromatic amines is 1. The van der Waals surface area contributed by atoms with Crippen LogP contribution < -0.4 is 5.73 Å². The molecule has 0 aliphatic rings. The lowest BCUT2D eigenvalue weighted by Crippen LogP contribution is -2.10. The Hall–Kier alpha value is -1.03. The largest absolute Gasteiger partial charge is 0.396 e. The predicted molar refractivity (Wildman–Crippen MR) is 68.8 cm³/mol. The summed E-state index contributed by atoms with van der Waals surface area (Å²) in [6.45, 7) is 0.207. The van der Waals surface area contributed by atoms with Gasteiger partial charge in [-0.05, 0) is 35.9 Å². The van der Waals surface area contributed by atoms with Crippen molar-refractivity contribution >= 4 is 23.3 Å². The lowest BCUT2D eigenvalue weighted by molar-refractivity contribution is 0.280. The van der Waals surface area contributed by atoms with E-state index in [2.05, 4.69) is 23.2 Å². The fourth-order valence-electron chi connectivity index (χ4n) is 1.77. The fourth-order valence-corrected chi connectivity index (χ4v) is 1.77. The molecular formula is C12H17ClN2O. The molecule has 0 fully saturated rings. The van der Waals surface area contributed by atoms with E-state index in [0.29, 0.717) is 0 Å². The zero-order valence-corrected chi connectivity index (χ0v) is 9.83. The molecule has 0 spiro atoms. The minimum Gasteiger partial charge on any atom is -0.396 e. The highest BCUT2D eigenvalue weighted by molar-refractivity contribution is 5.85. The van der Waals surface area contributed by atoms with Crippen molar-refractivity contribution in [3.63, 3.8) is 0 Å². The summed E-state index contributed by atoms with van der Waals surface area (Å²) >= 11 is 0. The third-order valence-corrected chi connectivity index (χ3v) is 2.68. The maximum Gasteiger partial charge on any atom is 0.0457 e. The van der Waals surface area contributed by atoms with Crippen molar-refractivity contribution in [3.05, 3.63) is 36.0 Å². The molecule has 88 valence electrons. The maximum absolute atomic E-state index is 8.74. The molecule has 0 saturated heterocycles. The second-order valence-electron chi connectivity index (χ2n) is 3.80. The van der Waals surface area contributed by atoms with Crippen LogP contribution in [0.4, 0.5) is 0 Å². The Balaban J connectivity index is 0.00000128. The minimum absolute atomic E-state index is 0. The number of aliphatic hydroxyl groups is 1. The van der Waals surface area contributed by atoms with Gasteiger partial charge in [-0.1, -0.05) is 12.1 Å². The summed E-state index contributed by atoms with van der Waals surface area (Å²) in [5.41, 5.74) is 8.26. The van der Waals surface area contributed by atoms with Gasteiger partial charge in [0, 0.05) is 24.4 Å². The molecule has 0 bridgehead atoms. The molecule has 1 aromatic carbocycles. The van der Waals surface area contributed by atoms with Gasteiger partial charge in [-0.15, -0.1) is 12.4 Å². The van der Waals surface area contributed by atoms with Gasteiger partial charge in [0.2, 0.25) is 0 Å². The molecule has 1 aromatic heterocycles. The smallest absolute Gasteiger partial charge is 0.0457 e. The molecule has 1 heterocycles. The zero-order chi connectivity index (χ0) is 10.7. The van der Waals surface area contributed by atoms with Crippen LogP contribution in [0.15, 0.2) is 30.5 Å². The molecule has 16 heavy (non-hydrogen) atoms. The van der Waals surface area contributed by atoms with Gasteiger partial charge in [-0.25, -0.2) is 0 Å². The van der Waals surface area contributed by atoms with Crippen LogP contribution >= 0.6 is 12.4 Å². The first-order chi connectivity index (χ1) is 7.31. The second kappa shape index (κ2) is 5.89. The molecule has 0 radical (unpaired) electrons. The topological polar surface area (TPSA) is 62.0 Å². The average Bonchev–Trinajstić information content (AvgIpc) is 2.72. The van der Waals surface area contributed by atoms with Crippen molar-refractivity contribution in [1.29, 1.82) is 0 Å². The van der Waals surface area contributed by atoms with Crippen LogP contribution in [0.2, 0.25) is 0 Å². The summed E-state index contributed by atoms with van der Waals surface area (Å²) in [6.07, 6.45) is 3.50. The van der Waals surface area contributed by atoms with Crippen LogP contribution in [-0.4, -0.2) is 16.7 Å². The van der Waals surface area contributed by atoms with Gasteiger partial charge in [-0.3, -0.25) is 0 Å². The zero-order valence-electron chi connectivity index (χ0n) is 9.02. The van der Waals surface area contributed by atoms with Crippen molar-refractivity contribution in [3.8, 4) is 0 Å². The number of H-pyrrole nitrogens is 1. The summed E-state index contributed by atoms with van der Waals surface area (Å²) in [5.74, 6) is 0. The normalized spacial score (nSPS) is 12.4. The monoisotopic (exact) mass is 240 g/mol. The van der Waals surface area contributed by atoms with E-state index in [1.54, 1.807) is 0 Å². The third-order valence-electron chi connectivity index (χ3n) is 2.68. The van der Waals surface area contributed by atoms with Gasteiger partial charge in [0.05, 0.1) is 0 Å². The van der Waals surface area contributed by atoms with Gasteiger partial charge < -0.3 is 15.8 Å². The van der Waals surface area contributed by atoms with Crippen LogP contribution in [0.5, 0.6) is 0 Å². The summed E-state index contributed by atoms with van der Waals surface area (Å²) in [6, 6.07) is 8.26. The predicted octanol–water partition coefficient (Wildman–Crippen LogP) is 2.36. The Morgan fingerprint density at radius 1 is 1.31 bits per heavy atom. The Morgan fingerprint density at radius 2 is 2.12 bits per heavy atom. The highest BCUT2D eigenvalue weighted by Gasteiger charge is 2.06. The Morgan fingerprint density at radius 3 is 2.88 bits per heavy atom. The highest BCUT2D eigenvalue weighted by Crippen LogP contribution is 2.20. The first-order valence-corrected chi connectivity index (χ1v) is 5.25. The number of aromatic nitrogens is 1. The van der Waals surface area contributed by atoms with E-state index in [-0.39, 0.29) is 25.1 Å². The molecule has 0 aliphatic heterocycles. The molecule has 0 unspecified atom stereocenters. The van der Waals surface area contributed by atoms with Crippen molar-refractivity contribution in [2.24, 2.45) is 5.73 Å². The number of benzene rings is 1. The molecule has 0 aliphatic carbocycles. The van der Waals surface area contributed by atoms with Crippen LogP contribution in [-0.2, 0) is 0 Å². The number of nitrogens with two attached hydrogens (primary N) is 1. The van der Waals surface area contributed by atoms with Gasteiger partial charge in [0.1, 0.15) is 0 Å². The van der Waals surface area contributed by atoms with Crippen molar-refractivity contribution < 1.29 is 5.11 Å². The van der Waals surface area contributed by atoms with E-state index in [1.807, 2.05) is 12.3 Å². The van der Waals surface area contributed by atoms with Gasteiger partial charge in [0.25, 0.3) is 0 Å². The van der Waals surface area contributed by atoms with E-state index in [1.165, 1.54) is 5.39 Å². The molecule has 2 aromatic rings. The van der Waals surface area contributed by atoms with Crippen molar-refractivity contribution in [1.82, 2.24) is 4.98 Å². The molecule has 0 saturated carbocycles. The Labute approximate surface area is 101 Å². The molecule has 1 atom stereocenters. The molecule has 2 rings (SSSR count). The van der Waals surface area contributed by atoms with E-state index < -0.39 is 0 Å². The number of hydrogen-bond acceptors (Lipinski definition) is 2. The summed E-state index contributed by atoms with van der Waals surface area (Å²) in [5, 5.41) is 9.94. The number of hydrogen-bond donors (Lipinski definition) is 3. The minimum atomic E-state index is 0. The first-order valence-electron chi connectivity index (χ1n) is 5.25. The standard InChI is InChI=1S/C12H16N2O.ClH/c13-11(2-1-7-15)10-4-3-9-5-6-14-12(9)8-10;/h3-6,8,11,14-15H,1-2,7,13H2;1H/t11-;/m0./s1. The average molecular weight is 241 g/mol. The first kappa shape index (κ1) is 13.0. The van der Waals surface area contributed by atoms with E-state index in [4.69, 9.17) is 10.8 Å². The molecule has 3 nitrogen and oxygen atoms in total. The number of fused-ring (bicyclic) bond motifs is 1. The van der Waals surface area contributed by atoms with E-state index >= 15 is 0 Å². The number of nitrogens with one attached hydrogen (secondary N) is 1. The number of aliphatic hydroxyl groups excluding tert-OH is 1. The van der Waals surface area contributed by atoms with Crippen LogP contribution in [0.25, 0.3) is 10.9 Å². The SMILES string of the molecule is Cl.N[C@@H](CCCO)c1ccc2cc[nH]c2c1.